The van der Waals surface area contributed by atoms with E-state index in [1.165, 1.54) is 0 Å². The van der Waals surface area contributed by atoms with Crippen LogP contribution in [0, 0.1) is 0 Å². The van der Waals surface area contributed by atoms with Crippen molar-refractivity contribution in [3.8, 4) is 0 Å². The quantitative estimate of drug-likeness (QED) is 0.686. The van der Waals surface area contributed by atoms with Gasteiger partial charge >= 0.3 is 0 Å². The molecule has 100 valence electrons. The van der Waals surface area contributed by atoms with Gasteiger partial charge in [0.15, 0.2) is 0 Å². The maximum atomic E-state index is 11.8. The number of rotatable bonds is 6. The van der Waals surface area contributed by atoms with Crippen molar-refractivity contribution in [2.75, 3.05) is 32.8 Å². The Hall–Kier alpha value is -0.650. The van der Waals surface area contributed by atoms with E-state index in [2.05, 4.69) is 17.1 Å². The summed E-state index contributed by atoms with van der Waals surface area (Å²) in [5.41, 5.74) is 5.66. The highest BCUT2D eigenvalue weighted by Gasteiger charge is 2.23. The molecule has 5 nitrogen and oxygen atoms in total. The summed E-state index contributed by atoms with van der Waals surface area (Å²) in [5.74, 6) is 0.0892. The fourth-order valence-corrected chi connectivity index (χ4v) is 2.12. The Morgan fingerprint density at radius 3 is 3.06 bits per heavy atom. The number of hydrogen-bond acceptors (Lipinski definition) is 4. The number of nitrogens with zero attached hydrogens (tertiary/aromatic N) is 1. The van der Waals surface area contributed by atoms with E-state index in [0.29, 0.717) is 26.3 Å². The van der Waals surface area contributed by atoms with Crippen LogP contribution in [-0.4, -0.2) is 55.7 Å². The third kappa shape index (κ3) is 5.02. The lowest BCUT2D eigenvalue weighted by Gasteiger charge is -2.34. The van der Waals surface area contributed by atoms with E-state index < -0.39 is 0 Å². The van der Waals surface area contributed by atoms with Crippen molar-refractivity contribution < 1.29 is 9.53 Å². The number of morpholine rings is 1. The first kappa shape index (κ1) is 14.4. The summed E-state index contributed by atoms with van der Waals surface area (Å²) in [6.07, 6.45) is 2.11. The van der Waals surface area contributed by atoms with E-state index in [1.54, 1.807) is 0 Å². The molecule has 5 heteroatoms. The van der Waals surface area contributed by atoms with Gasteiger partial charge in [0.1, 0.15) is 0 Å². The maximum absolute atomic E-state index is 11.8. The third-order valence-electron chi connectivity index (χ3n) is 3.10. The van der Waals surface area contributed by atoms with Crippen molar-refractivity contribution in [3.63, 3.8) is 0 Å². The predicted molar refractivity (Wildman–Crippen MR) is 67.7 cm³/mol. The van der Waals surface area contributed by atoms with Crippen LogP contribution in [-0.2, 0) is 9.53 Å². The first-order valence-electron chi connectivity index (χ1n) is 6.48. The van der Waals surface area contributed by atoms with E-state index in [4.69, 9.17) is 10.5 Å². The smallest absolute Gasteiger partial charge is 0.234 e. The highest BCUT2D eigenvalue weighted by molar-refractivity contribution is 5.78. The SMILES string of the molecule is CCCC(C)NC(=O)CN1CCOCC1CN. The van der Waals surface area contributed by atoms with Gasteiger partial charge in [-0.25, -0.2) is 0 Å². The second-order valence-electron chi connectivity index (χ2n) is 4.69. The molecular formula is C12H25N3O2. The Morgan fingerprint density at radius 1 is 1.65 bits per heavy atom. The highest BCUT2D eigenvalue weighted by atomic mass is 16.5. The van der Waals surface area contributed by atoms with Gasteiger partial charge < -0.3 is 15.8 Å². The van der Waals surface area contributed by atoms with Gasteiger partial charge in [0.05, 0.1) is 19.8 Å². The molecule has 2 unspecified atom stereocenters. The van der Waals surface area contributed by atoms with Gasteiger partial charge in [-0.05, 0) is 13.3 Å². The minimum Gasteiger partial charge on any atom is -0.378 e. The number of hydrogen-bond donors (Lipinski definition) is 2. The van der Waals surface area contributed by atoms with Gasteiger partial charge in [0.25, 0.3) is 0 Å². The molecular weight excluding hydrogens is 218 g/mol. The van der Waals surface area contributed by atoms with Crippen molar-refractivity contribution in [1.29, 1.82) is 0 Å². The molecule has 1 aliphatic rings. The van der Waals surface area contributed by atoms with Crippen LogP contribution < -0.4 is 11.1 Å². The van der Waals surface area contributed by atoms with Crippen molar-refractivity contribution >= 4 is 5.91 Å². The number of ether oxygens (including phenoxy) is 1. The topological polar surface area (TPSA) is 67.6 Å². The number of amides is 1. The first-order valence-corrected chi connectivity index (χ1v) is 6.48. The number of nitrogens with one attached hydrogen (secondary N) is 1. The summed E-state index contributed by atoms with van der Waals surface area (Å²) in [4.78, 5) is 13.9. The van der Waals surface area contributed by atoms with Crippen LogP contribution in [0.4, 0.5) is 0 Å². The van der Waals surface area contributed by atoms with E-state index in [-0.39, 0.29) is 18.0 Å². The van der Waals surface area contributed by atoms with Crippen LogP contribution in [0.15, 0.2) is 0 Å². The molecule has 2 atom stereocenters. The summed E-state index contributed by atoms with van der Waals surface area (Å²) in [6.45, 7) is 7.24. The second-order valence-corrected chi connectivity index (χ2v) is 4.69. The average Bonchev–Trinajstić information content (AvgIpc) is 2.29. The number of carbonyl (C=O) groups excluding carboxylic acids is 1. The molecule has 1 aliphatic heterocycles. The predicted octanol–water partition coefficient (Wildman–Crippen LogP) is -0.0493. The van der Waals surface area contributed by atoms with Crippen LogP contribution in [0.3, 0.4) is 0 Å². The maximum Gasteiger partial charge on any atom is 0.234 e. The van der Waals surface area contributed by atoms with Crippen molar-refractivity contribution in [2.24, 2.45) is 5.73 Å². The summed E-state index contributed by atoms with van der Waals surface area (Å²) in [5, 5.41) is 3.01. The van der Waals surface area contributed by atoms with Crippen LogP contribution in [0.25, 0.3) is 0 Å². The molecule has 1 fully saturated rings. The minimum atomic E-state index is 0.0892. The van der Waals surface area contributed by atoms with Gasteiger partial charge in [-0.2, -0.15) is 0 Å². The lowest BCUT2D eigenvalue weighted by molar-refractivity contribution is -0.125. The number of carbonyl (C=O) groups is 1. The molecule has 0 saturated carbocycles. The fraction of sp³-hybridized carbons (Fsp3) is 0.917. The molecule has 3 N–H and O–H groups in total. The van der Waals surface area contributed by atoms with E-state index in [9.17, 15) is 4.79 Å². The molecule has 0 bridgehead atoms. The van der Waals surface area contributed by atoms with Crippen LogP contribution in [0.2, 0.25) is 0 Å². The van der Waals surface area contributed by atoms with Crippen LogP contribution in [0.5, 0.6) is 0 Å². The molecule has 1 heterocycles. The zero-order chi connectivity index (χ0) is 12.7. The molecule has 0 aromatic heterocycles. The van der Waals surface area contributed by atoms with Gasteiger partial charge in [0, 0.05) is 25.2 Å². The summed E-state index contributed by atoms with van der Waals surface area (Å²) in [6, 6.07) is 0.431. The second kappa shape index (κ2) is 7.63. The lowest BCUT2D eigenvalue weighted by atomic mass is 10.2. The van der Waals surface area contributed by atoms with Crippen LogP contribution >= 0.6 is 0 Å². The molecule has 0 spiro atoms. The Labute approximate surface area is 104 Å². The molecule has 17 heavy (non-hydrogen) atoms. The summed E-state index contributed by atoms with van der Waals surface area (Å²) in [7, 11) is 0. The molecule has 0 aromatic rings. The Kier molecular flexibility index (Phi) is 6.47. The molecule has 1 rings (SSSR count). The minimum absolute atomic E-state index is 0.0892. The van der Waals surface area contributed by atoms with Gasteiger partial charge in [-0.1, -0.05) is 13.3 Å². The van der Waals surface area contributed by atoms with E-state index in [1.807, 2.05) is 6.92 Å². The van der Waals surface area contributed by atoms with Crippen LogP contribution in [0.1, 0.15) is 26.7 Å². The van der Waals surface area contributed by atoms with Gasteiger partial charge in [-0.15, -0.1) is 0 Å². The average molecular weight is 243 g/mol. The van der Waals surface area contributed by atoms with E-state index >= 15 is 0 Å². The summed E-state index contributed by atoms with van der Waals surface area (Å²) < 4.78 is 5.35. The summed E-state index contributed by atoms with van der Waals surface area (Å²) >= 11 is 0. The Bertz CT molecular complexity index is 236. The number of nitrogens with two attached hydrogens (primary N) is 1. The fourth-order valence-electron chi connectivity index (χ4n) is 2.12. The third-order valence-corrected chi connectivity index (χ3v) is 3.10. The molecule has 0 aliphatic carbocycles. The monoisotopic (exact) mass is 243 g/mol. The standard InChI is InChI=1S/C12H25N3O2/c1-3-4-10(2)14-12(16)8-15-5-6-17-9-11(15)7-13/h10-11H,3-9,13H2,1-2H3,(H,14,16). The highest BCUT2D eigenvalue weighted by Crippen LogP contribution is 2.05. The van der Waals surface area contributed by atoms with Gasteiger partial charge in [-0.3, -0.25) is 9.69 Å². The van der Waals surface area contributed by atoms with E-state index in [0.717, 1.165) is 19.4 Å². The van der Waals surface area contributed by atoms with Crippen molar-refractivity contribution in [1.82, 2.24) is 10.2 Å². The van der Waals surface area contributed by atoms with Gasteiger partial charge in [0.2, 0.25) is 5.91 Å². The first-order chi connectivity index (χ1) is 8.17. The van der Waals surface area contributed by atoms with Crippen molar-refractivity contribution in [3.05, 3.63) is 0 Å². The zero-order valence-corrected chi connectivity index (χ0v) is 10.9. The zero-order valence-electron chi connectivity index (χ0n) is 10.9. The largest absolute Gasteiger partial charge is 0.378 e. The molecule has 1 saturated heterocycles. The lowest BCUT2D eigenvalue weighted by Crippen LogP contribution is -2.53. The van der Waals surface area contributed by atoms with Crippen molar-refractivity contribution in [2.45, 2.75) is 38.8 Å². The Balaban J connectivity index is 2.33. The molecule has 1 amide bonds. The Morgan fingerprint density at radius 2 is 2.41 bits per heavy atom. The molecule has 0 radical (unpaired) electrons. The normalized spacial score (nSPS) is 23.4. The molecule has 0 aromatic carbocycles.